The molecule has 13 heteroatoms. The van der Waals surface area contributed by atoms with Crippen LogP contribution in [0, 0.1) is 0 Å². The second kappa shape index (κ2) is 13.9. The van der Waals surface area contributed by atoms with E-state index in [-0.39, 0.29) is 19.3 Å². The van der Waals surface area contributed by atoms with Crippen LogP contribution in [0.2, 0.25) is 0 Å². The fourth-order valence-electron chi connectivity index (χ4n) is 3.14. The Hall–Kier alpha value is -2.38. The summed E-state index contributed by atoms with van der Waals surface area (Å²) in [6, 6.07) is -4.36. The Bertz CT molecular complexity index is 684. The number of thioether (sulfide) groups is 1. The number of hydrogen-bond donors (Lipinski definition) is 7. The number of aliphatic hydroxyl groups excluding tert-OH is 1. The van der Waals surface area contributed by atoms with Crippen molar-refractivity contribution in [2.24, 2.45) is 0 Å². The molecule has 1 rings (SSSR count). The van der Waals surface area contributed by atoms with Crippen molar-refractivity contribution in [1.82, 2.24) is 21.3 Å². The average molecular weight is 477 g/mol. The van der Waals surface area contributed by atoms with Crippen molar-refractivity contribution in [3.63, 3.8) is 0 Å². The molecule has 0 aliphatic carbocycles. The molecule has 182 valence electrons. The van der Waals surface area contributed by atoms with Gasteiger partial charge in [-0.3, -0.25) is 19.2 Å². The number of aliphatic carboxylic acids is 2. The van der Waals surface area contributed by atoms with Crippen LogP contribution in [0.25, 0.3) is 0 Å². The van der Waals surface area contributed by atoms with Gasteiger partial charge in [-0.2, -0.15) is 11.8 Å². The zero-order valence-corrected chi connectivity index (χ0v) is 18.9. The maximum absolute atomic E-state index is 12.8. The summed E-state index contributed by atoms with van der Waals surface area (Å²) in [6.45, 7) is 1.87. The van der Waals surface area contributed by atoms with E-state index in [9.17, 15) is 34.2 Å². The van der Waals surface area contributed by atoms with Crippen LogP contribution >= 0.6 is 11.8 Å². The number of hydrogen-bond acceptors (Lipinski definition) is 8. The summed E-state index contributed by atoms with van der Waals surface area (Å²) in [6.07, 6.45) is 1.42. The predicted molar refractivity (Wildman–Crippen MR) is 116 cm³/mol. The second-order valence-corrected chi connectivity index (χ2v) is 8.54. The van der Waals surface area contributed by atoms with Gasteiger partial charge in [0.1, 0.15) is 12.1 Å². The summed E-state index contributed by atoms with van der Waals surface area (Å²) in [5.41, 5.74) is 0. The van der Waals surface area contributed by atoms with Gasteiger partial charge in [0.2, 0.25) is 17.7 Å². The van der Waals surface area contributed by atoms with Crippen LogP contribution in [0.5, 0.6) is 0 Å². The van der Waals surface area contributed by atoms with E-state index < -0.39 is 59.9 Å². The van der Waals surface area contributed by atoms with E-state index in [1.165, 1.54) is 18.7 Å². The maximum Gasteiger partial charge on any atom is 0.328 e. The molecule has 3 amide bonds. The van der Waals surface area contributed by atoms with Gasteiger partial charge in [0, 0.05) is 6.42 Å². The molecule has 0 aromatic rings. The summed E-state index contributed by atoms with van der Waals surface area (Å²) in [4.78, 5) is 60.1. The fourth-order valence-corrected chi connectivity index (χ4v) is 3.61. The number of aliphatic hydroxyl groups is 1. The molecule has 0 bridgehead atoms. The molecule has 0 radical (unpaired) electrons. The number of amides is 3. The van der Waals surface area contributed by atoms with Crippen molar-refractivity contribution in [2.75, 3.05) is 18.6 Å². The van der Waals surface area contributed by atoms with Crippen LogP contribution in [0.3, 0.4) is 0 Å². The summed E-state index contributed by atoms with van der Waals surface area (Å²) < 4.78 is 0. The molecule has 32 heavy (non-hydrogen) atoms. The Labute approximate surface area is 190 Å². The van der Waals surface area contributed by atoms with Crippen LogP contribution in [-0.4, -0.2) is 93.8 Å². The highest BCUT2D eigenvalue weighted by Crippen LogP contribution is 2.08. The van der Waals surface area contributed by atoms with Gasteiger partial charge in [-0.1, -0.05) is 0 Å². The molecular weight excluding hydrogens is 444 g/mol. The first-order valence-electron chi connectivity index (χ1n) is 10.3. The third-order valence-electron chi connectivity index (χ3n) is 4.95. The van der Waals surface area contributed by atoms with Gasteiger partial charge in [0.05, 0.1) is 12.1 Å². The third-order valence-corrected chi connectivity index (χ3v) is 5.59. The SMILES string of the molecule is CSCCC(NC(=O)C(CCC(=O)O)NC(=O)C1CCCN1)C(=O)NC(C(=O)O)C(C)O. The molecule has 0 spiro atoms. The second-order valence-electron chi connectivity index (χ2n) is 7.55. The molecule has 12 nitrogen and oxygen atoms in total. The van der Waals surface area contributed by atoms with Gasteiger partial charge >= 0.3 is 11.9 Å². The van der Waals surface area contributed by atoms with E-state index in [1.807, 2.05) is 0 Å². The Balaban J connectivity index is 2.91. The number of rotatable bonds is 14. The lowest BCUT2D eigenvalue weighted by atomic mass is 10.1. The van der Waals surface area contributed by atoms with Crippen LogP contribution in [0.4, 0.5) is 0 Å². The number of carbonyl (C=O) groups excluding carboxylic acids is 3. The van der Waals surface area contributed by atoms with Crippen molar-refractivity contribution in [3.8, 4) is 0 Å². The van der Waals surface area contributed by atoms with Crippen molar-refractivity contribution >= 4 is 41.4 Å². The average Bonchev–Trinajstić information content (AvgIpc) is 3.26. The van der Waals surface area contributed by atoms with Gasteiger partial charge in [-0.15, -0.1) is 0 Å². The van der Waals surface area contributed by atoms with Crippen molar-refractivity contribution in [2.45, 2.75) is 69.3 Å². The number of carboxylic acid groups (broad SMARTS) is 2. The van der Waals surface area contributed by atoms with E-state index in [0.29, 0.717) is 18.7 Å². The lowest BCUT2D eigenvalue weighted by Gasteiger charge is -2.25. The summed E-state index contributed by atoms with van der Waals surface area (Å²) in [5.74, 6) is -4.10. The molecule has 0 aromatic heterocycles. The Morgan fingerprint density at radius 1 is 1.03 bits per heavy atom. The van der Waals surface area contributed by atoms with Crippen LogP contribution in [0.1, 0.15) is 39.0 Å². The Morgan fingerprint density at radius 3 is 2.16 bits per heavy atom. The van der Waals surface area contributed by atoms with Gasteiger partial charge < -0.3 is 36.6 Å². The quantitative estimate of drug-likeness (QED) is 0.151. The molecule has 1 aliphatic rings. The molecule has 5 unspecified atom stereocenters. The molecule has 0 saturated carbocycles. The minimum absolute atomic E-state index is 0.161. The van der Waals surface area contributed by atoms with E-state index in [0.717, 1.165) is 6.42 Å². The Kier molecular flexibility index (Phi) is 12.0. The molecule has 1 saturated heterocycles. The van der Waals surface area contributed by atoms with Gasteiger partial charge in [0.15, 0.2) is 6.04 Å². The number of carboxylic acids is 2. The van der Waals surface area contributed by atoms with E-state index in [2.05, 4.69) is 21.3 Å². The largest absolute Gasteiger partial charge is 0.481 e. The van der Waals surface area contributed by atoms with Gasteiger partial charge in [-0.05, 0) is 51.2 Å². The van der Waals surface area contributed by atoms with Crippen LogP contribution < -0.4 is 21.3 Å². The van der Waals surface area contributed by atoms with Crippen LogP contribution in [0.15, 0.2) is 0 Å². The smallest absolute Gasteiger partial charge is 0.328 e. The standard InChI is InChI=1S/C19H32N4O8S/c1-10(24)15(19(30)31)23-18(29)13(7-9-32-2)22-17(28)12(5-6-14(25)26)21-16(27)11-4-3-8-20-11/h10-13,15,20,24H,3-9H2,1-2H3,(H,21,27)(H,22,28)(H,23,29)(H,25,26)(H,30,31). The zero-order chi connectivity index (χ0) is 24.3. The fraction of sp³-hybridized carbons (Fsp3) is 0.737. The first-order valence-corrected chi connectivity index (χ1v) is 11.7. The highest BCUT2D eigenvalue weighted by atomic mass is 32.2. The van der Waals surface area contributed by atoms with E-state index in [4.69, 9.17) is 5.11 Å². The minimum atomic E-state index is -1.56. The number of nitrogens with one attached hydrogen (secondary N) is 4. The molecular formula is C19H32N4O8S. The van der Waals surface area contributed by atoms with Gasteiger partial charge in [0.25, 0.3) is 0 Å². The molecule has 1 fully saturated rings. The first-order chi connectivity index (χ1) is 15.1. The Morgan fingerprint density at radius 2 is 1.66 bits per heavy atom. The van der Waals surface area contributed by atoms with E-state index in [1.54, 1.807) is 6.26 Å². The molecule has 1 aliphatic heterocycles. The lowest BCUT2D eigenvalue weighted by Crippen LogP contribution is -2.58. The van der Waals surface area contributed by atoms with Crippen LogP contribution in [-0.2, 0) is 24.0 Å². The highest BCUT2D eigenvalue weighted by molar-refractivity contribution is 7.98. The molecule has 5 atom stereocenters. The van der Waals surface area contributed by atoms with Crippen molar-refractivity contribution < 1.29 is 39.3 Å². The minimum Gasteiger partial charge on any atom is -0.481 e. The van der Waals surface area contributed by atoms with Gasteiger partial charge in [-0.25, -0.2) is 4.79 Å². The predicted octanol–water partition coefficient (Wildman–Crippen LogP) is -1.72. The van der Waals surface area contributed by atoms with E-state index >= 15 is 0 Å². The first kappa shape index (κ1) is 27.7. The third kappa shape index (κ3) is 9.40. The molecule has 7 N–H and O–H groups in total. The zero-order valence-electron chi connectivity index (χ0n) is 18.1. The molecule has 1 heterocycles. The van der Waals surface area contributed by atoms with Crippen molar-refractivity contribution in [3.05, 3.63) is 0 Å². The monoisotopic (exact) mass is 476 g/mol. The molecule has 0 aromatic carbocycles. The summed E-state index contributed by atoms with van der Waals surface area (Å²) >= 11 is 1.40. The maximum atomic E-state index is 12.8. The van der Waals surface area contributed by atoms with Crippen molar-refractivity contribution in [1.29, 1.82) is 0 Å². The lowest BCUT2D eigenvalue weighted by molar-refractivity contribution is -0.145. The summed E-state index contributed by atoms with van der Waals surface area (Å²) in [7, 11) is 0. The topological polar surface area (TPSA) is 194 Å². The highest BCUT2D eigenvalue weighted by Gasteiger charge is 2.32. The summed E-state index contributed by atoms with van der Waals surface area (Å²) in [5, 5.41) is 38.0. The normalized spacial score (nSPS) is 19.3. The number of carbonyl (C=O) groups is 5.